The minimum atomic E-state index is -0.346. The van der Waals surface area contributed by atoms with Gasteiger partial charge in [0.2, 0.25) is 5.91 Å². The van der Waals surface area contributed by atoms with Crippen LogP contribution in [0.5, 0.6) is 5.75 Å². The van der Waals surface area contributed by atoms with E-state index in [9.17, 15) is 9.59 Å². The van der Waals surface area contributed by atoms with Crippen LogP contribution in [-0.4, -0.2) is 24.6 Å². The summed E-state index contributed by atoms with van der Waals surface area (Å²) in [5.74, 6) is 0.332. The molecule has 0 spiro atoms. The van der Waals surface area contributed by atoms with Gasteiger partial charge in [0.1, 0.15) is 12.4 Å². The Labute approximate surface area is 216 Å². The Morgan fingerprint density at radius 2 is 1.39 bits per heavy atom. The summed E-state index contributed by atoms with van der Waals surface area (Å²) in [6, 6.07) is 17.4. The van der Waals surface area contributed by atoms with Crippen LogP contribution in [-0.2, 0) is 16.2 Å². The zero-order valence-corrected chi connectivity index (χ0v) is 21.8. The number of unbranched alkanes of at least 4 members (excludes halogenated alkanes) is 10. The Morgan fingerprint density at radius 1 is 0.778 bits per heavy atom. The second-order valence-corrected chi connectivity index (χ2v) is 9.20. The molecule has 0 heterocycles. The molecule has 6 heteroatoms. The maximum absolute atomic E-state index is 11.9. The first kappa shape index (κ1) is 29.1. The highest BCUT2D eigenvalue weighted by Crippen LogP contribution is 2.14. The number of nitrogens with one attached hydrogen (secondary N) is 2. The van der Waals surface area contributed by atoms with Gasteiger partial charge in [-0.15, -0.1) is 0 Å². The zero-order valence-electron chi connectivity index (χ0n) is 21.8. The van der Waals surface area contributed by atoms with Gasteiger partial charge in [-0.1, -0.05) is 101 Å². The Bertz CT molecular complexity index is 882. The van der Waals surface area contributed by atoms with Gasteiger partial charge < -0.3 is 10.1 Å². The van der Waals surface area contributed by atoms with Crippen LogP contribution in [0.4, 0.5) is 0 Å². The topological polar surface area (TPSA) is 79.8 Å². The molecule has 0 aliphatic carbocycles. The molecule has 0 unspecified atom stereocenters. The van der Waals surface area contributed by atoms with Crippen LogP contribution in [0.15, 0.2) is 59.7 Å². The van der Waals surface area contributed by atoms with E-state index < -0.39 is 0 Å². The maximum atomic E-state index is 11.9. The number of benzene rings is 2. The van der Waals surface area contributed by atoms with Crippen molar-refractivity contribution in [3.05, 3.63) is 65.7 Å². The number of carbonyl (C=O) groups is 2. The lowest BCUT2D eigenvalue weighted by atomic mass is 10.1. The Balaban J connectivity index is 1.48. The van der Waals surface area contributed by atoms with Crippen molar-refractivity contribution in [2.45, 2.75) is 90.6 Å². The first-order valence-electron chi connectivity index (χ1n) is 13.5. The van der Waals surface area contributed by atoms with Crippen LogP contribution in [0.3, 0.4) is 0 Å². The lowest BCUT2D eigenvalue weighted by Gasteiger charge is -2.06. The highest BCUT2D eigenvalue weighted by Gasteiger charge is 2.05. The summed E-state index contributed by atoms with van der Waals surface area (Å²) in [6.07, 6.45) is 15.8. The zero-order chi connectivity index (χ0) is 25.7. The molecule has 0 bridgehead atoms. The van der Waals surface area contributed by atoms with Gasteiger partial charge in [-0.3, -0.25) is 9.59 Å². The first-order chi connectivity index (χ1) is 17.7. The molecule has 2 aromatic carbocycles. The summed E-state index contributed by atoms with van der Waals surface area (Å²) in [5, 5.41) is 6.62. The normalized spacial score (nSPS) is 10.9. The number of nitrogens with zero attached hydrogens (tertiary/aromatic N) is 1. The number of hydrazone groups is 1. The third kappa shape index (κ3) is 14.3. The van der Waals surface area contributed by atoms with Gasteiger partial charge in [0.25, 0.3) is 5.91 Å². The Kier molecular flexibility index (Phi) is 15.4. The molecule has 0 saturated heterocycles. The Morgan fingerprint density at radius 3 is 2.03 bits per heavy atom. The van der Waals surface area contributed by atoms with Gasteiger partial charge >= 0.3 is 0 Å². The molecule has 2 N–H and O–H groups in total. The fourth-order valence-corrected chi connectivity index (χ4v) is 3.83. The smallest absolute Gasteiger partial charge is 0.259 e. The fourth-order valence-electron chi connectivity index (χ4n) is 3.83. The van der Waals surface area contributed by atoms with Crippen LogP contribution in [0.1, 0.15) is 95.1 Å². The first-order valence-corrected chi connectivity index (χ1v) is 13.5. The van der Waals surface area contributed by atoms with E-state index in [-0.39, 0.29) is 18.4 Å². The van der Waals surface area contributed by atoms with Crippen molar-refractivity contribution >= 4 is 18.0 Å². The molecule has 2 rings (SSSR count). The monoisotopic (exact) mass is 493 g/mol. The largest absolute Gasteiger partial charge is 0.489 e. The van der Waals surface area contributed by atoms with Crippen molar-refractivity contribution in [1.82, 2.24) is 10.7 Å². The molecule has 196 valence electrons. The van der Waals surface area contributed by atoms with Gasteiger partial charge in [0.15, 0.2) is 0 Å². The van der Waals surface area contributed by atoms with Gasteiger partial charge in [-0.2, -0.15) is 5.10 Å². The summed E-state index contributed by atoms with van der Waals surface area (Å²) in [5.41, 5.74) is 4.39. The number of hydrogen-bond donors (Lipinski definition) is 2. The molecule has 0 aliphatic rings. The molecule has 2 amide bonds. The highest BCUT2D eigenvalue weighted by atomic mass is 16.5. The van der Waals surface area contributed by atoms with E-state index in [0.717, 1.165) is 29.7 Å². The van der Waals surface area contributed by atoms with Gasteiger partial charge in [-0.05, 0) is 41.8 Å². The molecule has 0 saturated carbocycles. The summed E-state index contributed by atoms with van der Waals surface area (Å²) in [7, 11) is 0. The molecule has 0 atom stereocenters. The van der Waals surface area contributed by atoms with Crippen molar-refractivity contribution in [3.8, 4) is 5.75 Å². The SMILES string of the molecule is CCCCCCCCCCCCCC(=O)NCC(=O)N/N=C/c1ccc(OCc2ccccc2)cc1. The van der Waals surface area contributed by atoms with E-state index in [1.807, 2.05) is 54.6 Å². The van der Waals surface area contributed by atoms with E-state index in [4.69, 9.17) is 4.74 Å². The van der Waals surface area contributed by atoms with Crippen LogP contribution < -0.4 is 15.5 Å². The van der Waals surface area contributed by atoms with Crippen molar-refractivity contribution < 1.29 is 14.3 Å². The third-order valence-electron chi connectivity index (χ3n) is 5.98. The van der Waals surface area contributed by atoms with Gasteiger partial charge in [0, 0.05) is 6.42 Å². The molecule has 0 fully saturated rings. The van der Waals surface area contributed by atoms with E-state index >= 15 is 0 Å². The molecule has 0 radical (unpaired) electrons. The highest BCUT2D eigenvalue weighted by molar-refractivity contribution is 5.86. The second kappa shape index (κ2) is 19.1. The fraction of sp³-hybridized carbons (Fsp3) is 0.500. The molecule has 2 aromatic rings. The van der Waals surface area contributed by atoms with Crippen molar-refractivity contribution in [3.63, 3.8) is 0 Å². The van der Waals surface area contributed by atoms with Crippen LogP contribution in [0.2, 0.25) is 0 Å². The lowest BCUT2D eigenvalue weighted by molar-refractivity contribution is -0.126. The van der Waals surface area contributed by atoms with E-state index in [0.29, 0.717) is 13.0 Å². The average Bonchev–Trinajstić information content (AvgIpc) is 2.90. The number of amides is 2. The molecule has 36 heavy (non-hydrogen) atoms. The predicted molar refractivity (Wildman–Crippen MR) is 147 cm³/mol. The van der Waals surface area contributed by atoms with Crippen molar-refractivity contribution in [1.29, 1.82) is 0 Å². The van der Waals surface area contributed by atoms with Crippen LogP contribution >= 0.6 is 0 Å². The minimum Gasteiger partial charge on any atom is -0.489 e. The quantitative estimate of drug-likeness (QED) is 0.133. The van der Waals surface area contributed by atoms with E-state index in [1.165, 1.54) is 57.8 Å². The van der Waals surface area contributed by atoms with Crippen molar-refractivity contribution in [2.24, 2.45) is 5.10 Å². The number of carbonyl (C=O) groups excluding carboxylic acids is 2. The summed E-state index contributed by atoms with van der Waals surface area (Å²) >= 11 is 0. The molecule has 6 nitrogen and oxygen atoms in total. The minimum absolute atomic E-state index is 0.0690. The number of ether oxygens (including phenoxy) is 1. The van der Waals surface area contributed by atoms with Crippen molar-refractivity contribution in [2.75, 3.05) is 6.54 Å². The molecular formula is C30H43N3O3. The summed E-state index contributed by atoms with van der Waals surface area (Å²) in [6.45, 7) is 2.69. The predicted octanol–water partition coefficient (Wildman–Crippen LogP) is 6.53. The van der Waals surface area contributed by atoms with Gasteiger partial charge in [0.05, 0.1) is 12.8 Å². The maximum Gasteiger partial charge on any atom is 0.259 e. The molecule has 0 aliphatic heterocycles. The number of rotatable bonds is 19. The van der Waals surface area contributed by atoms with E-state index in [2.05, 4.69) is 22.8 Å². The van der Waals surface area contributed by atoms with Crippen LogP contribution in [0, 0.1) is 0 Å². The third-order valence-corrected chi connectivity index (χ3v) is 5.98. The van der Waals surface area contributed by atoms with E-state index in [1.54, 1.807) is 6.21 Å². The van der Waals surface area contributed by atoms with Gasteiger partial charge in [-0.25, -0.2) is 5.43 Å². The van der Waals surface area contributed by atoms with Crippen LogP contribution in [0.25, 0.3) is 0 Å². The summed E-state index contributed by atoms with van der Waals surface area (Å²) in [4.78, 5) is 23.8. The lowest BCUT2D eigenvalue weighted by Crippen LogP contribution is -2.34. The molecular weight excluding hydrogens is 450 g/mol. The molecule has 0 aromatic heterocycles. The Hall–Kier alpha value is -3.15. The summed E-state index contributed by atoms with van der Waals surface area (Å²) < 4.78 is 5.76. The average molecular weight is 494 g/mol. The standard InChI is InChI=1S/C30H43N3O3/c1-2-3-4-5-6-7-8-9-10-11-15-18-29(34)31-24-30(35)33-32-23-26-19-21-28(22-20-26)36-25-27-16-13-12-14-17-27/h12-14,16-17,19-23H,2-11,15,18,24-25H2,1H3,(H,31,34)(H,33,35)/b32-23+. The second-order valence-electron chi connectivity index (χ2n) is 9.20. The number of hydrogen-bond acceptors (Lipinski definition) is 4.